The molecule has 0 aromatic carbocycles. The zero-order chi connectivity index (χ0) is 12.3. The summed E-state index contributed by atoms with van der Waals surface area (Å²) in [6, 6.07) is 0. The average Bonchev–Trinajstić information content (AvgIpc) is 2.29. The molecule has 1 fully saturated rings. The highest BCUT2D eigenvalue weighted by Gasteiger charge is 2.43. The number of hydrogen-bond acceptors (Lipinski definition) is 6. The molecular weight excluding hydrogens is 218 g/mol. The fourth-order valence-corrected chi connectivity index (χ4v) is 1.48. The summed E-state index contributed by atoms with van der Waals surface area (Å²) in [4.78, 5) is 11.1. The molecule has 1 rings (SSSR count). The lowest BCUT2D eigenvalue weighted by atomic mass is 9.98. The first-order chi connectivity index (χ1) is 7.51. The smallest absolute Gasteiger partial charge is 0.221 e. The minimum absolute atomic E-state index is 0.203. The fraction of sp³-hybridized carbons (Fsp3) is 0.889. The van der Waals surface area contributed by atoms with Gasteiger partial charge in [-0.05, 0) is 0 Å². The molecule has 5 atom stereocenters. The Bertz CT molecular complexity index is 246. The molecule has 1 amide bonds. The SMILES string of the molecule is CCC(=O)N[C@H]1O[C@@H](CO)[C@@H](O)[C@@H](O)[C@@H]1O. The fourth-order valence-electron chi connectivity index (χ4n) is 1.48. The van der Waals surface area contributed by atoms with Crippen molar-refractivity contribution < 1.29 is 30.0 Å². The van der Waals surface area contributed by atoms with Crippen LogP contribution in [0.4, 0.5) is 0 Å². The summed E-state index contributed by atoms with van der Waals surface area (Å²) in [6.45, 7) is 1.11. The number of nitrogens with one attached hydrogen (secondary N) is 1. The van der Waals surface area contributed by atoms with Gasteiger partial charge in [-0.2, -0.15) is 0 Å². The van der Waals surface area contributed by atoms with Crippen LogP contribution in [0, 0.1) is 0 Å². The second-order valence-corrected chi connectivity index (χ2v) is 3.67. The van der Waals surface area contributed by atoms with Gasteiger partial charge in [-0.25, -0.2) is 0 Å². The van der Waals surface area contributed by atoms with Crippen LogP contribution >= 0.6 is 0 Å². The third-order valence-electron chi connectivity index (χ3n) is 2.52. The van der Waals surface area contributed by atoms with Crippen molar-refractivity contribution in [3.05, 3.63) is 0 Å². The van der Waals surface area contributed by atoms with E-state index in [0.29, 0.717) is 0 Å². The molecule has 1 aliphatic rings. The standard InChI is InChI=1S/C9H17NO6/c1-2-5(12)10-9-8(15)7(14)6(13)4(3-11)16-9/h4,6-9,11,13-15H,2-3H2,1H3,(H,10,12)/t4-,6+,7+,8-,9-/m0/s1. The second kappa shape index (κ2) is 5.55. The van der Waals surface area contributed by atoms with Gasteiger partial charge in [-0.1, -0.05) is 6.92 Å². The minimum atomic E-state index is -1.46. The van der Waals surface area contributed by atoms with E-state index in [0.717, 1.165) is 0 Å². The van der Waals surface area contributed by atoms with Crippen LogP contribution < -0.4 is 5.32 Å². The maximum Gasteiger partial charge on any atom is 0.221 e. The van der Waals surface area contributed by atoms with Crippen molar-refractivity contribution in [2.24, 2.45) is 0 Å². The van der Waals surface area contributed by atoms with Crippen LogP contribution in [0.25, 0.3) is 0 Å². The monoisotopic (exact) mass is 235 g/mol. The maximum atomic E-state index is 11.1. The molecule has 0 saturated carbocycles. The Balaban J connectivity index is 2.67. The van der Waals surface area contributed by atoms with Crippen LogP contribution in [-0.4, -0.2) is 63.6 Å². The summed E-state index contributed by atoms with van der Waals surface area (Å²) in [7, 11) is 0. The van der Waals surface area contributed by atoms with Crippen LogP contribution in [0.5, 0.6) is 0 Å². The number of aliphatic hydroxyl groups excluding tert-OH is 4. The summed E-state index contributed by atoms with van der Waals surface area (Å²) in [6.07, 6.45) is -6.21. The molecule has 5 N–H and O–H groups in total. The lowest BCUT2D eigenvalue weighted by Gasteiger charge is -2.40. The van der Waals surface area contributed by atoms with Crippen molar-refractivity contribution in [2.45, 2.75) is 44.0 Å². The molecule has 7 heteroatoms. The number of hydrogen-bond donors (Lipinski definition) is 5. The van der Waals surface area contributed by atoms with E-state index < -0.39 is 37.3 Å². The largest absolute Gasteiger partial charge is 0.394 e. The second-order valence-electron chi connectivity index (χ2n) is 3.67. The van der Waals surface area contributed by atoms with Gasteiger partial charge >= 0.3 is 0 Å². The van der Waals surface area contributed by atoms with E-state index in [1.807, 2.05) is 0 Å². The van der Waals surface area contributed by atoms with E-state index in [1.165, 1.54) is 0 Å². The van der Waals surface area contributed by atoms with Crippen molar-refractivity contribution in [1.29, 1.82) is 0 Å². The van der Waals surface area contributed by atoms with E-state index >= 15 is 0 Å². The molecule has 1 saturated heterocycles. The number of ether oxygens (including phenoxy) is 1. The van der Waals surface area contributed by atoms with Gasteiger partial charge in [0.25, 0.3) is 0 Å². The third kappa shape index (κ3) is 2.69. The Labute approximate surface area is 92.7 Å². The third-order valence-corrected chi connectivity index (χ3v) is 2.52. The predicted molar refractivity (Wildman–Crippen MR) is 52.2 cm³/mol. The highest BCUT2D eigenvalue weighted by Crippen LogP contribution is 2.19. The molecule has 0 aromatic heterocycles. The summed E-state index contributed by atoms with van der Waals surface area (Å²) in [5.41, 5.74) is 0. The Morgan fingerprint density at radius 3 is 2.38 bits per heavy atom. The first kappa shape index (κ1) is 13.3. The van der Waals surface area contributed by atoms with Gasteiger partial charge in [-0.3, -0.25) is 4.79 Å². The normalized spacial score (nSPS) is 39.4. The van der Waals surface area contributed by atoms with Gasteiger partial charge in [0.1, 0.15) is 24.4 Å². The molecule has 1 heterocycles. The first-order valence-corrected chi connectivity index (χ1v) is 5.11. The van der Waals surface area contributed by atoms with Crippen molar-refractivity contribution in [3.63, 3.8) is 0 Å². The van der Waals surface area contributed by atoms with Gasteiger partial charge in [-0.15, -0.1) is 0 Å². The van der Waals surface area contributed by atoms with Crippen molar-refractivity contribution in [1.82, 2.24) is 5.32 Å². The van der Waals surface area contributed by atoms with Crippen LogP contribution in [0.1, 0.15) is 13.3 Å². The molecule has 94 valence electrons. The average molecular weight is 235 g/mol. The van der Waals surface area contributed by atoms with E-state index in [-0.39, 0.29) is 12.3 Å². The number of amides is 1. The van der Waals surface area contributed by atoms with E-state index in [2.05, 4.69) is 5.32 Å². The lowest BCUT2D eigenvalue weighted by Crippen LogP contribution is -2.63. The quantitative estimate of drug-likeness (QED) is 0.363. The molecule has 7 nitrogen and oxygen atoms in total. The van der Waals surface area contributed by atoms with Crippen LogP contribution in [0.3, 0.4) is 0 Å². The number of rotatable bonds is 3. The van der Waals surface area contributed by atoms with E-state index in [9.17, 15) is 20.1 Å². The van der Waals surface area contributed by atoms with Gasteiger partial charge in [0.05, 0.1) is 6.61 Å². The summed E-state index contributed by atoms with van der Waals surface area (Å²) < 4.78 is 5.06. The summed E-state index contributed by atoms with van der Waals surface area (Å²) in [5.74, 6) is -0.357. The van der Waals surface area contributed by atoms with Crippen molar-refractivity contribution in [2.75, 3.05) is 6.61 Å². The highest BCUT2D eigenvalue weighted by atomic mass is 16.6. The van der Waals surface area contributed by atoms with Crippen LogP contribution in [0.15, 0.2) is 0 Å². The van der Waals surface area contributed by atoms with Crippen molar-refractivity contribution in [3.8, 4) is 0 Å². The van der Waals surface area contributed by atoms with Crippen molar-refractivity contribution >= 4 is 5.91 Å². The maximum absolute atomic E-state index is 11.1. The molecular formula is C9H17NO6. The van der Waals surface area contributed by atoms with E-state index in [1.54, 1.807) is 6.92 Å². The molecule has 0 bridgehead atoms. The molecule has 1 aliphatic heterocycles. The highest BCUT2D eigenvalue weighted by molar-refractivity contribution is 5.75. The van der Waals surface area contributed by atoms with Crippen LogP contribution in [0.2, 0.25) is 0 Å². The number of carbonyl (C=O) groups is 1. The molecule has 0 aliphatic carbocycles. The molecule has 0 spiro atoms. The summed E-state index contributed by atoms with van der Waals surface area (Å²) in [5, 5.41) is 39.6. The van der Waals surface area contributed by atoms with Gasteiger partial charge in [0, 0.05) is 6.42 Å². The molecule has 16 heavy (non-hydrogen) atoms. The number of aliphatic hydroxyl groups is 4. The lowest BCUT2D eigenvalue weighted by molar-refractivity contribution is -0.235. The molecule has 0 aromatic rings. The van der Waals surface area contributed by atoms with Gasteiger partial charge in [0.15, 0.2) is 6.23 Å². The predicted octanol–water partition coefficient (Wildman–Crippen LogP) is -2.69. The Kier molecular flexibility index (Phi) is 4.63. The zero-order valence-electron chi connectivity index (χ0n) is 8.91. The van der Waals surface area contributed by atoms with Gasteiger partial charge in [0.2, 0.25) is 5.91 Å². The molecule has 0 radical (unpaired) electrons. The van der Waals surface area contributed by atoms with Gasteiger partial charge < -0.3 is 30.5 Å². The first-order valence-electron chi connectivity index (χ1n) is 5.11. The van der Waals surface area contributed by atoms with E-state index in [4.69, 9.17) is 9.84 Å². The number of carbonyl (C=O) groups excluding carboxylic acids is 1. The minimum Gasteiger partial charge on any atom is -0.394 e. The summed E-state index contributed by atoms with van der Waals surface area (Å²) >= 11 is 0. The Morgan fingerprint density at radius 1 is 1.25 bits per heavy atom. The van der Waals surface area contributed by atoms with Crippen LogP contribution in [-0.2, 0) is 9.53 Å². The zero-order valence-corrected chi connectivity index (χ0v) is 8.91. The topological polar surface area (TPSA) is 119 Å². The Morgan fingerprint density at radius 2 is 1.88 bits per heavy atom. The molecule has 0 unspecified atom stereocenters. The Hall–Kier alpha value is -0.730.